The van der Waals surface area contributed by atoms with Crippen LogP contribution in [0.25, 0.3) is 0 Å². The lowest BCUT2D eigenvalue weighted by molar-refractivity contribution is 0.600. The lowest BCUT2D eigenvalue weighted by Gasteiger charge is -2.13. The third-order valence-corrected chi connectivity index (χ3v) is 2.77. The maximum Gasteiger partial charge on any atom is 0.146 e. The first-order valence-electron chi connectivity index (χ1n) is 4.94. The summed E-state index contributed by atoms with van der Waals surface area (Å²) in [7, 11) is 0. The van der Waals surface area contributed by atoms with Crippen molar-refractivity contribution >= 4 is 24.0 Å². The van der Waals surface area contributed by atoms with E-state index in [1.807, 2.05) is 30.3 Å². The summed E-state index contributed by atoms with van der Waals surface area (Å²) in [6.07, 6.45) is 0. The SMILES string of the molecule is Cl.NC(c1ccccc1)c1cccc(Cl)c1F. The number of halogens is 3. The Morgan fingerprint density at radius 2 is 1.65 bits per heavy atom. The molecular weight excluding hydrogens is 260 g/mol. The summed E-state index contributed by atoms with van der Waals surface area (Å²) in [4.78, 5) is 0. The van der Waals surface area contributed by atoms with Crippen LogP contribution < -0.4 is 5.73 Å². The maximum absolute atomic E-state index is 13.7. The lowest BCUT2D eigenvalue weighted by Crippen LogP contribution is -2.13. The molecule has 0 fully saturated rings. The Bertz CT molecular complexity index is 488. The van der Waals surface area contributed by atoms with Crippen LogP contribution in [0, 0.1) is 5.82 Å². The zero-order chi connectivity index (χ0) is 11.5. The zero-order valence-electron chi connectivity index (χ0n) is 8.94. The summed E-state index contributed by atoms with van der Waals surface area (Å²) in [6, 6.07) is 13.7. The van der Waals surface area contributed by atoms with E-state index < -0.39 is 11.9 Å². The van der Waals surface area contributed by atoms with Gasteiger partial charge in [0.25, 0.3) is 0 Å². The molecule has 1 unspecified atom stereocenters. The van der Waals surface area contributed by atoms with Gasteiger partial charge in [0.2, 0.25) is 0 Å². The molecule has 2 aromatic carbocycles. The highest BCUT2D eigenvalue weighted by atomic mass is 35.5. The molecule has 0 radical (unpaired) electrons. The predicted octanol–water partition coefficient (Wildman–Crippen LogP) is 3.95. The zero-order valence-corrected chi connectivity index (χ0v) is 10.5. The van der Waals surface area contributed by atoms with Crippen molar-refractivity contribution in [1.29, 1.82) is 0 Å². The van der Waals surface area contributed by atoms with Crippen molar-refractivity contribution in [3.63, 3.8) is 0 Å². The molecule has 0 spiro atoms. The minimum atomic E-state index is -0.486. The van der Waals surface area contributed by atoms with Crippen molar-refractivity contribution in [2.75, 3.05) is 0 Å². The summed E-state index contributed by atoms with van der Waals surface area (Å²) in [6.45, 7) is 0. The quantitative estimate of drug-likeness (QED) is 0.880. The maximum atomic E-state index is 13.7. The first kappa shape index (κ1) is 14.0. The first-order chi connectivity index (χ1) is 7.70. The molecule has 0 heterocycles. The van der Waals surface area contributed by atoms with Gasteiger partial charge in [-0.1, -0.05) is 54.1 Å². The second kappa shape index (κ2) is 6.01. The van der Waals surface area contributed by atoms with E-state index in [4.69, 9.17) is 17.3 Å². The molecule has 0 saturated heterocycles. The Morgan fingerprint density at radius 1 is 1.00 bits per heavy atom. The number of benzene rings is 2. The van der Waals surface area contributed by atoms with E-state index in [1.165, 1.54) is 6.07 Å². The van der Waals surface area contributed by atoms with E-state index >= 15 is 0 Å². The van der Waals surface area contributed by atoms with Crippen molar-refractivity contribution in [3.8, 4) is 0 Å². The van der Waals surface area contributed by atoms with Crippen molar-refractivity contribution < 1.29 is 4.39 Å². The summed E-state index contributed by atoms with van der Waals surface area (Å²) in [5, 5.41) is 0.101. The van der Waals surface area contributed by atoms with Gasteiger partial charge in [0.05, 0.1) is 11.1 Å². The van der Waals surface area contributed by atoms with Gasteiger partial charge in [0.15, 0.2) is 0 Å². The van der Waals surface area contributed by atoms with Crippen LogP contribution in [0.1, 0.15) is 17.2 Å². The van der Waals surface area contributed by atoms with Crippen molar-refractivity contribution in [2.45, 2.75) is 6.04 Å². The average Bonchev–Trinajstić information content (AvgIpc) is 2.33. The van der Waals surface area contributed by atoms with Crippen molar-refractivity contribution in [1.82, 2.24) is 0 Å². The van der Waals surface area contributed by atoms with Crippen LogP contribution in [0.3, 0.4) is 0 Å². The molecule has 4 heteroatoms. The second-order valence-corrected chi connectivity index (χ2v) is 3.94. The molecule has 0 aliphatic carbocycles. The fourth-order valence-corrected chi connectivity index (χ4v) is 1.78. The van der Waals surface area contributed by atoms with Gasteiger partial charge in [0, 0.05) is 5.56 Å². The molecule has 1 nitrogen and oxygen atoms in total. The Hall–Kier alpha value is -1.09. The molecule has 90 valence electrons. The largest absolute Gasteiger partial charge is 0.320 e. The first-order valence-corrected chi connectivity index (χ1v) is 5.32. The fraction of sp³-hybridized carbons (Fsp3) is 0.0769. The summed E-state index contributed by atoms with van der Waals surface area (Å²) < 4.78 is 13.7. The van der Waals surface area contributed by atoms with Gasteiger partial charge in [0.1, 0.15) is 5.82 Å². The average molecular weight is 272 g/mol. The monoisotopic (exact) mass is 271 g/mol. The smallest absolute Gasteiger partial charge is 0.146 e. The van der Waals surface area contributed by atoms with Gasteiger partial charge in [-0.05, 0) is 11.6 Å². The molecule has 0 bridgehead atoms. The molecule has 0 saturated carbocycles. The fourth-order valence-electron chi connectivity index (χ4n) is 1.60. The summed E-state index contributed by atoms with van der Waals surface area (Å²) >= 11 is 5.71. The predicted molar refractivity (Wildman–Crippen MR) is 71.1 cm³/mol. The Balaban J connectivity index is 0.00000144. The van der Waals surface area contributed by atoms with Crippen molar-refractivity contribution in [2.24, 2.45) is 5.73 Å². The van der Waals surface area contributed by atoms with E-state index in [0.29, 0.717) is 5.56 Å². The normalized spacial score (nSPS) is 11.7. The Kier molecular flexibility index (Phi) is 4.94. The van der Waals surface area contributed by atoms with E-state index in [9.17, 15) is 4.39 Å². The van der Waals surface area contributed by atoms with E-state index in [-0.39, 0.29) is 17.4 Å². The number of hydrogen-bond acceptors (Lipinski definition) is 1. The van der Waals surface area contributed by atoms with Crippen LogP contribution in [0.4, 0.5) is 4.39 Å². The van der Waals surface area contributed by atoms with Gasteiger partial charge < -0.3 is 5.73 Å². The highest BCUT2D eigenvalue weighted by Gasteiger charge is 2.14. The highest BCUT2D eigenvalue weighted by molar-refractivity contribution is 6.30. The third-order valence-electron chi connectivity index (χ3n) is 2.48. The molecule has 1 atom stereocenters. The van der Waals surface area contributed by atoms with E-state index in [2.05, 4.69) is 0 Å². The molecule has 2 aromatic rings. The molecular formula is C13H12Cl2FN. The summed E-state index contributed by atoms with van der Waals surface area (Å²) in [5.41, 5.74) is 7.27. The van der Waals surface area contributed by atoms with E-state index in [0.717, 1.165) is 5.56 Å². The molecule has 2 rings (SSSR count). The van der Waals surface area contributed by atoms with E-state index in [1.54, 1.807) is 12.1 Å². The standard InChI is InChI=1S/C13H11ClFN.ClH/c14-11-8-4-7-10(12(11)15)13(16)9-5-2-1-3-6-9;/h1-8,13H,16H2;1H. The molecule has 0 aliphatic rings. The molecule has 2 N–H and O–H groups in total. The van der Waals surface area contributed by atoms with Gasteiger partial charge in [-0.3, -0.25) is 0 Å². The van der Waals surface area contributed by atoms with Crippen LogP contribution in [-0.4, -0.2) is 0 Å². The van der Waals surface area contributed by atoms with Gasteiger partial charge in [-0.25, -0.2) is 4.39 Å². The minimum Gasteiger partial charge on any atom is -0.320 e. The third kappa shape index (κ3) is 2.97. The molecule has 0 amide bonds. The number of rotatable bonds is 2. The Morgan fingerprint density at radius 3 is 2.29 bits per heavy atom. The van der Waals surface area contributed by atoms with Crippen LogP contribution >= 0.6 is 24.0 Å². The van der Waals surface area contributed by atoms with Crippen LogP contribution in [-0.2, 0) is 0 Å². The van der Waals surface area contributed by atoms with Crippen LogP contribution in [0.5, 0.6) is 0 Å². The van der Waals surface area contributed by atoms with Crippen LogP contribution in [0.2, 0.25) is 5.02 Å². The van der Waals surface area contributed by atoms with Gasteiger partial charge in [-0.2, -0.15) is 0 Å². The molecule has 0 aliphatic heterocycles. The molecule has 17 heavy (non-hydrogen) atoms. The number of nitrogens with two attached hydrogens (primary N) is 1. The summed E-state index contributed by atoms with van der Waals surface area (Å²) in [5.74, 6) is -0.444. The van der Waals surface area contributed by atoms with Gasteiger partial charge >= 0.3 is 0 Å². The van der Waals surface area contributed by atoms with Crippen LogP contribution in [0.15, 0.2) is 48.5 Å². The highest BCUT2D eigenvalue weighted by Crippen LogP contribution is 2.26. The lowest BCUT2D eigenvalue weighted by atomic mass is 9.99. The second-order valence-electron chi connectivity index (χ2n) is 3.53. The number of hydrogen-bond donors (Lipinski definition) is 1. The Labute approximate surface area is 111 Å². The topological polar surface area (TPSA) is 26.0 Å². The molecule has 0 aromatic heterocycles. The van der Waals surface area contributed by atoms with Gasteiger partial charge in [-0.15, -0.1) is 12.4 Å². The van der Waals surface area contributed by atoms with Crippen molar-refractivity contribution in [3.05, 3.63) is 70.5 Å². The minimum absolute atomic E-state index is 0.